The van der Waals surface area contributed by atoms with E-state index >= 15 is 0 Å². The molecule has 0 spiro atoms. The summed E-state index contributed by atoms with van der Waals surface area (Å²) < 4.78 is 17.2. The highest BCUT2D eigenvalue weighted by atomic mass is 79.9. The minimum atomic E-state index is -0.886. The molecule has 0 saturated carbocycles. The fraction of sp³-hybridized carbons (Fsp3) is 0.300. The normalized spacial score (nSPS) is 12.3. The lowest BCUT2D eigenvalue weighted by Gasteiger charge is -2.10. The van der Waals surface area contributed by atoms with Crippen molar-refractivity contribution < 1.29 is 13.9 Å². The van der Waals surface area contributed by atoms with Gasteiger partial charge in [-0.25, -0.2) is 4.39 Å². The molecule has 0 saturated heterocycles. The molecule has 2 nitrogen and oxygen atoms in total. The fourth-order valence-corrected chi connectivity index (χ4v) is 1.99. The van der Waals surface area contributed by atoms with Crippen molar-refractivity contribution in [3.63, 3.8) is 0 Å². The zero-order valence-corrected chi connectivity index (χ0v) is 10.3. The van der Waals surface area contributed by atoms with Crippen LogP contribution in [0.1, 0.15) is 17.9 Å². The number of benzene rings is 1. The molecule has 0 aliphatic carbocycles. The van der Waals surface area contributed by atoms with Crippen molar-refractivity contribution >= 4 is 33.3 Å². The molecule has 1 rings (SSSR count). The second-order valence-corrected chi connectivity index (χ2v) is 4.20. The van der Waals surface area contributed by atoms with Crippen LogP contribution in [-0.4, -0.2) is 12.6 Å². The number of ether oxygens (including phenoxy) is 1. The summed E-state index contributed by atoms with van der Waals surface area (Å²) >= 11 is 9.13. The number of hydrogen-bond acceptors (Lipinski definition) is 2. The molecule has 5 heteroatoms. The highest BCUT2D eigenvalue weighted by Gasteiger charge is 2.16. The van der Waals surface area contributed by atoms with Crippen LogP contribution in [0, 0.1) is 0 Å². The molecule has 0 fully saturated rings. The Hall–Kier alpha value is -0.610. The van der Waals surface area contributed by atoms with Gasteiger partial charge >= 0.3 is 0 Å². The summed E-state index contributed by atoms with van der Waals surface area (Å²) in [4.78, 5) is 11.1. The fourth-order valence-electron chi connectivity index (χ4n) is 1.09. The van der Waals surface area contributed by atoms with Crippen LogP contribution in [0.15, 0.2) is 22.7 Å². The second-order valence-electron chi connectivity index (χ2n) is 2.91. The Bertz CT molecular complexity index is 370. The second kappa shape index (κ2) is 5.47. The maximum absolute atomic E-state index is 11.9. The molecule has 1 aromatic carbocycles. The largest absolute Gasteiger partial charge is 0.463 e. The molecule has 0 aliphatic heterocycles. The third kappa shape index (κ3) is 3.18. The summed E-state index contributed by atoms with van der Waals surface area (Å²) in [5.74, 6) is 0.247. The Morgan fingerprint density at radius 2 is 2.33 bits per heavy atom. The van der Waals surface area contributed by atoms with Crippen LogP contribution in [0.25, 0.3) is 0 Å². The van der Waals surface area contributed by atoms with Gasteiger partial charge in [0.2, 0.25) is 6.86 Å². The smallest absolute Gasteiger partial charge is 0.228 e. The minimum Gasteiger partial charge on any atom is -0.463 e. The molecule has 0 heterocycles. The zero-order chi connectivity index (χ0) is 11.4. The van der Waals surface area contributed by atoms with Crippen molar-refractivity contribution in [2.75, 3.05) is 6.86 Å². The topological polar surface area (TPSA) is 26.3 Å². The van der Waals surface area contributed by atoms with E-state index in [2.05, 4.69) is 20.7 Å². The first-order chi connectivity index (χ1) is 7.06. The van der Waals surface area contributed by atoms with Gasteiger partial charge in [-0.15, -0.1) is 11.6 Å². The molecular formula is C10H9BrClFO2. The first-order valence-electron chi connectivity index (χ1n) is 4.19. The Labute approximate surface area is 101 Å². The predicted octanol–water partition coefficient (Wildman–Crippen LogP) is 3.62. The van der Waals surface area contributed by atoms with Crippen LogP contribution in [-0.2, 0) is 4.79 Å². The number of rotatable bonds is 4. The maximum atomic E-state index is 11.9. The lowest BCUT2D eigenvalue weighted by molar-refractivity contribution is -0.116. The van der Waals surface area contributed by atoms with Gasteiger partial charge < -0.3 is 4.74 Å². The van der Waals surface area contributed by atoms with Gasteiger partial charge in [0.05, 0.1) is 0 Å². The Kier molecular flexibility index (Phi) is 4.54. The molecule has 15 heavy (non-hydrogen) atoms. The van der Waals surface area contributed by atoms with E-state index in [9.17, 15) is 9.18 Å². The van der Waals surface area contributed by atoms with Crippen LogP contribution in [0.5, 0.6) is 5.75 Å². The summed E-state index contributed by atoms with van der Waals surface area (Å²) in [6, 6.07) is 4.78. The molecule has 0 bridgehead atoms. The van der Waals surface area contributed by atoms with E-state index in [-0.39, 0.29) is 5.78 Å². The minimum absolute atomic E-state index is 0.142. The average Bonchev–Trinajstić information content (AvgIpc) is 2.17. The molecule has 0 aliphatic rings. The van der Waals surface area contributed by atoms with Gasteiger partial charge in [-0.1, -0.05) is 22.0 Å². The van der Waals surface area contributed by atoms with Crippen LogP contribution in [0.2, 0.25) is 0 Å². The highest BCUT2D eigenvalue weighted by Crippen LogP contribution is 2.31. The number of carbonyl (C=O) groups is 1. The van der Waals surface area contributed by atoms with Crippen LogP contribution >= 0.6 is 27.5 Å². The van der Waals surface area contributed by atoms with Crippen LogP contribution in [0.3, 0.4) is 0 Å². The number of carbonyl (C=O) groups excluding carboxylic acids is 1. The summed E-state index contributed by atoms with van der Waals surface area (Å²) in [5, 5.41) is -0.696. The number of ketones is 1. The van der Waals surface area contributed by atoms with E-state index in [0.717, 1.165) is 0 Å². The molecular weight excluding hydrogens is 286 g/mol. The van der Waals surface area contributed by atoms with Gasteiger partial charge in [-0.2, -0.15) is 0 Å². The quantitative estimate of drug-likeness (QED) is 0.793. The number of halogens is 3. The van der Waals surface area contributed by atoms with Crippen molar-refractivity contribution in [1.29, 1.82) is 0 Å². The molecule has 0 aromatic heterocycles. The van der Waals surface area contributed by atoms with E-state index in [0.29, 0.717) is 15.8 Å². The summed E-state index contributed by atoms with van der Waals surface area (Å²) in [7, 11) is 0. The highest BCUT2D eigenvalue weighted by molar-refractivity contribution is 9.10. The van der Waals surface area contributed by atoms with Crippen molar-refractivity contribution in [3.8, 4) is 5.75 Å². The van der Waals surface area contributed by atoms with E-state index in [1.54, 1.807) is 18.2 Å². The number of alkyl halides is 2. The third-order valence-electron chi connectivity index (χ3n) is 1.82. The first kappa shape index (κ1) is 12.5. The third-order valence-corrected chi connectivity index (χ3v) is 3.05. The van der Waals surface area contributed by atoms with E-state index in [4.69, 9.17) is 11.6 Å². The number of Topliss-reactive ketones (excluding diaryl/α,β-unsaturated/α-hetero) is 1. The SMILES string of the molecule is CC(=O)C(Cl)c1ccc(OCF)cc1Br. The van der Waals surface area contributed by atoms with Gasteiger partial charge in [0.25, 0.3) is 0 Å². The molecule has 0 radical (unpaired) electrons. The van der Waals surface area contributed by atoms with Crippen LogP contribution in [0.4, 0.5) is 4.39 Å². The summed E-state index contributed by atoms with van der Waals surface area (Å²) in [5.41, 5.74) is 0.648. The van der Waals surface area contributed by atoms with Crippen LogP contribution < -0.4 is 4.74 Å². The molecule has 1 atom stereocenters. The van der Waals surface area contributed by atoms with E-state index in [1.807, 2.05) is 0 Å². The van der Waals surface area contributed by atoms with Gasteiger partial charge in [-0.3, -0.25) is 4.79 Å². The first-order valence-corrected chi connectivity index (χ1v) is 5.42. The lowest BCUT2D eigenvalue weighted by Crippen LogP contribution is -2.02. The summed E-state index contributed by atoms with van der Waals surface area (Å²) in [6.45, 7) is 0.527. The molecule has 0 amide bonds. The van der Waals surface area contributed by atoms with Gasteiger partial charge in [-0.05, 0) is 24.6 Å². The zero-order valence-electron chi connectivity index (χ0n) is 7.97. The lowest BCUT2D eigenvalue weighted by atomic mass is 10.1. The van der Waals surface area contributed by atoms with Gasteiger partial charge in [0.1, 0.15) is 11.1 Å². The molecule has 82 valence electrons. The molecule has 0 N–H and O–H groups in total. The van der Waals surface area contributed by atoms with Crippen molar-refractivity contribution in [2.45, 2.75) is 12.3 Å². The standard InChI is InChI=1S/C10H9BrClFO2/c1-6(14)10(12)8-3-2-7(15-5-13)4-9(8)11/h2-4,10H,5H2,1H3. The molecule has 1 aromatic rings. The van der Waals surface area contributed by atoms with Crippen molar-refractivity contribution in [2.24, 2.45) is 0 Å². The predicted molar refractivity (Wildman–Crippen MR) is 60.0 cm³/mol. The summed E-state index contributed by atoms with van der Waals surface area (Å²) in [6.07, 6.45) is 0. The maximum Gasteiger partial charge on any atom is 0.228 e. The Morgan fingerprint density at radius 1 is 1.67 bits per heavy atom. The molecule has 1 unspecified atom stereocenters. The van der Waals surface area contributed by atoms with E-state index < -0.39 is 12.2 Å². The monoisotopic (exact) mass is 294 g/mol. The Balaban J connectivity index is 2.97. The Morgan fingerprint density at radius 3 is 2.80 bits per heavy atom. The average molecular weight is 296 g/mol. The van der Waals surface area contributed by atoms with Crippen molar-refractivity contribution in [3.05, 3.63) is 28.2 Å². The van der Waals surface area contributed by atoms with E-state index in [1.165, 1.54) is 6.92 Å². The van der Waals surface area contributed by atoms with Crippen molar-refractivity contribution in [1.82, 2.24) is 0 Å². The van der Waals surface area contributed by atoms with Gasteiger partial charge in [0.15, 0.2) is 5.78 Å². The van der Waals surface area contributed by atoms with Gasteiger partial charge in [0, 0.05) is 4.47 Å². The number of hydrogen-bond donors (Lipinski definition) is 0.